The van der Waals surface area contributed by atoms with Crippen LogP contribution in [0.25, 0.3) is 112 Å². The summed E-state index contributed by atoms with van der Waals surface area (Å²) in [5.74, 6) is 0. The Labute approximate surface area is 473 Å². The molecule has 0 saturated carbocycles. The monoisotopic (exact) mass is 1030 g/mol. The summed E-state index contributed by atoms with van der Waals surface area (Å²) in [5.41, 5.74) is 19.1. The number of furan rings is 2. The molecule has 0 aliphatic heterocycles. The molecule has 12 aromatic carbocycles. The van der Waals surface area contributed by atoms with E-state index in [1.807, 2.05) is 109 Å². The molecule has 0 atom stereocenters. The fraction of sp³-hybridized carbons (Fsp3) is 0. The normalized spacial score (nSPS) is 12.3. The first-order chi connectivity index (χ1) is 42.1. The predicted molar refractivity (Wildman–Crippen MR) is 338 cm³/mol. The van der Waals surface area contributed by atoms with Gasteiger partial charge in [-0.15, -0.1) is 0 Å². The lowest BCUT2D eigenvalue weighted by atomic mass is 9.95. The highest BCUT2D eigenvalue weighted by Crippen LogP contribution is 2.49. The van der Waals surface area contributed by atoms with Crippen molar-refractivity contribution in [1.29, 1.82) is 0 Å². The number of nitrogens with zero attached hydrogens (tertiary/aromatic N) is 2. The topological polar surface area (TPSA) is 32.8 Å². The van der Waals surface area contributed by atoms with Crippen LogP contribution in [0.4, 0.5) is 34.1 Å². The maximum Gasteiger partial charge on any atom is 0.159 e. The Morgan fingerprint density at radius 3 is 1.10 bits per heavy atom. The molecule has 0 spiro atoms. The van der Waals surface area contributed by atoms with Gasteiger partial charge in [0.1, 0.15) is 11.2 Å². The lowest BCUT2D eigenvalue weighted by molar-refractivity contribution is 0.668. The van der Waals surface area contributed by atoms with Gasteiger partial charge in [-0.25, -0.2) is 0 Å². The lowest BCUT2D eigenvalue weighted by Gasteiger charge is -2.29. The van der Waals surface area contributed by atoms with E-state index in [1.54, 1.807) is 12.1 Å². The van der Waals surface area contributed by atoms with Crippen LogP contribution in [0, 0.1) is 0 Å². The molecular weight excluding hydrogens is 973 g/mol. The van der Waals surface area contributed by atoms with Gasteiger partial charge in [0.05, 0.1) is 31.0 Å². The molecule has 80 heavy (non-hydrogen) atoms. The Bertz CT molecular complexity index is 4630. The summed E-state index contributed by atoms with van der Waals surface area (Å²) >= 11 is 0. The Hall–Kier alpha value is -10.7. The van der Waals surface area contributed by atoms with Gasteiger partial charge < -0.3 is 18.6 Å². The van der Waals surface area contributed by atoms with Gasteiger partial charge in [0.25, 0.3) is 0 Å². The van der Waals surface area contributed by atoms with Crippen LogP contribution in [-0.2, 0) is 0 Å². The third-order valence-corrected chi connectivity index (χ3v) is 15.2. The van der Waals surface area contributed by atoms with Gasteiger partial charge in [-0.2, -0.15) is 0 Å². The minimum absolute atomic E-state index is 0.135. The van der Waals surface area contributed by atoms with Gasteiger partial charge in [0.2, 0.25) is 0 Å². The van der Waals surface area contributed by atoms with Crippen LogP contribution < -0.4 is 9.80 Å². The van der Waals surface area contributed by atoms with E-state index in [2.05, 4.69) is 168 Å². The van der Waals surface area contributed by atoms with Crippen LogP contribution in [0.2, 0.25) is 0 Å². The van der Waals surface area contributed by atoms with E-state index >= 15 is 0 Å². The van der Waals surface area contributed by atoms with Gasteiger partial charge in [-0.1, -0.05) is 219 Å². The Morgan fingerprint density at radius 1 is 0.300 bits per heavy atom. The van der Waals surface area contributed by atoms with Crippen molar-refractivity contribution in [2.24, 2.45) is 0 Å². The highest BCUT2D eigenvalue weighted by atomic mass is 16.3. The first-order valence-electron chi connectivity index (χ1n) is 29.6. The van der Waals surface area contributed by atoms with Crippen LogP contribution in [0.15, 0.2) is 301 Å². The average molecular weight is 1030 g/mol. The number of hydrogen-bond acceptors (Lipinski definition) is 4. The zero-order chi connectivity index (χ0) is 58.4. The van der Waals surface area contributed by atoms with Crippen molar-refractivity contribution in [3.05, 3.63) is 303 Å². The molecule has 0 aliphatic carbocycles. The fourth-order valence-corrected chi connectivity index (χ4v) is 11.3. The Morgan fingerprint density at radius 2 is 0.662 bits per heavy atom. The van der Waals surface area contributed by atoms with Gasteiger partial charge in [-0.3, -0.25) is 0 Å². The summed E-state index contributed by atoms with van der Waals surface area (Å²) < 4.78 is 61.9. The summed E-state index contributed by atoms with van der Waals surface area (Å²) in [6.07, 6.45) is 0. The molecule has 0 N–H and O–H groups in total. The quantitative estimate of drug-likeness (QED) is 0.115. The molecule has 0 amide bonds. The molecule has 2 aromatic heterocycles. The van der Waals surface area contributed by atoms with Crippen molar-refractivity contribution in [1.82, 2.24) is 0 Å². The molecule has 14 aromatic rings. The van der Waals surface area contributed by atoms with Crippen molar-refractivity contribution >= 4 is 90.1 Å². The molecule has 0 unspecified atom stereocenters. The van der Waals surface area contributed by atoms with Gasteiger partial charge in [0, 0.05) is 44.0 Å². The SMILES string of the molecule is [2H]C([2H])=C([2H])c1cccc(-c2ccc(N(c3ccc(-c4ccc(N(c5ccc(-c6cccc(C([2H])=C([2H])[2H])c6)cc5-c5ccccc5)c5cccc6c5oc5ccccc56)cc4)cc3)c3cccc4c3oc3ccccc34)c(-c3ccccc3)c2)c1. The predicted octanol–water partition coefficient (Wildman–Crippen LogP) is 22.0. The highest BCUT2D eigenvalue weighted by Gasteiger charge is 2.25. The zero-order valence-electron chi connectivity index (χ0n) is 49.3. The number of hydrogen-bond donors (Lipinski definition) is 0. The number of anilines is 6. The summed E-state index contributed by atoms with van der Waals surface area (Å²) in [7, 11) is 0. The standard InChI is InChI=1S/C76H52N2O2/c1-3-51-19-15-25-57(47-51)59-39-45-69(67(49-59)55-21-7-5-8-22-55)77(71-31-17-29-65-63-27-11-13-33-73(63)79-75(65)71)61-41-35-53(36-42-61)54-37-43-62(44-38-54)78(72-32-18-30-66-64-28-12-14-34-74(64)80-76(66)72)70-46-40-60(58-26-16-20-52(4-2)48-58)50-68(70)56-23-9-6-10-24-56/h3-50H,1-2H2/i1D2,2D2,3D,4D. The van der Waals surface area contributed by atoms with E-state index in [1.165, 1.54) is 0 Å². The molecular formula is C76H52N2O2. The largest absolute Gasteiger partial charge is 0.454 e. The molecule has 4 heteroatoms. The maximum atomic E-state index is 8.45. The second-order valence-corrected chi connectivity index (χ2v) is 19.9. The summed E-state index contributed by atoms with van der Waals surface area (Å²) in [6, 6.07) is 94.4. The molecule has 0 bridgehead atoms. The molecule has 0 aliphatic rings. The van der Waals surface area contributed by atoms with Crippen molar-refractivity contribution < 1.29 is 17.1 Å². The van der Waals surface area contributed by atoms with Crippen molar-refractivity contribution in [3.63, 3.8) is 0 Å². The second-order valence-electron chi connectivity index (χ2n) is 19.9. The zero-order valence-corrected chi connectivity index (χ0v) is 43.3. The van der Waals surface area contributed by atoms with Crippen molar-refractivity contribution in [2.45, 2.75) is 0 Å². The minimum Gasteiger partial charge on any atom is -0.454 e. The van der Waals surface area contributed by atoms with Gasteiger partial charge in [0.15, 0.2) is 11.2 Å². The van der Waals surface area contributed by atoms with E-state index in [0.29, 0.717) is 11.1 Å². The van der Waals surface area contributed by atoms with Crippen LogP contribution in [0.1, 0.15) is 19.4 Å². The van der Waals surface area contributed by atoms with E-state index in [9.17, 15) is 0 Å². The smallest absolute Gasteiger partial charge is 0.159 e. The van der Waals surface area contributed by atoms with Crippen LogP contribution >= 0.6 is 0 Å². The third-order valence-electron chi connectivity index (χ3n) is 15.2. The second kappa shape index (κ2) is 20.4. The summed E-state index contributed by atoms with van der Waals surface area (Å²) in [6.45, 7) is -1.07. The van der Waals surface area contributed by atoms with E-state index in [4.69, 9.17) is 17.1 Å². The first kappa shape index (κ1) is 41.5. The maximum absolute atomic E-state index is 8.45. The number of fused-ring (bicyclic) bond motifs is 6. The minimum atomic E-state index is -0.535. The van der Waals surface area contributed by atoms with Crippen molar-refractivity contribution in [2.75, 3.05) is 9.80 Å². The van der Waals surface area contributed by atoms with E-state index < -0.39 is 13.1 Å². The van der Waals surface area contributed by atoms with Crippen LogP contribution in [0.5, 0.6) is 0 Å². The molecule has 4 nitrogen and oxygen atoms in total. The molecule has 2 heterocycles. The number of para-hydroxylation sites is 4. The molecule has 0 fully saturated rings. The van der Waals surface area contributed by atoms with Gasteiger partial charge >= 0.3 is 0 Å². The molecule has 0 radical (unpaired) electrons. The molecule has 378 valence electrons. The molecule has 0 saturated heterocycles. The summed E-state index contributed by atoms with van der Waals surface area (Å²) in [5, 5.41) is 4.07. The Balaban J connectivity index is 0.899. The van der Waals surface area contributed by atoms with Crippen LogP contribution in [-0.4, -0.2) is 0 Å². The summed E-state index contributed by atoms with van der Waals surface area (Å²) in [4.78, 5) is 4.55. The Kier molecular flexibility index (Phi) is 10.6. The molecule has 14 rings (SSSR count). The highest BCUT2D eigenvalue weighted by molar-refractivity contribution is 6.12. The first-order valence-corrected chi connectivity index (χ1v) is 26.6. The van der Waals surface area contributed by atoms with E-state index in [-0.39, 0.29) is 12.1 Å². The average Bonchev–Trinajstić information content (AvgIpc) is 3.08. The lowest BCUT2D eigenvalue weighted by Crippen LogP contribution is -2.12. The fourth-order valence-electron chi connectivity index (χ4n) is 11.3. The van der Waals surface area contributed by atoms with Crippen LogP contribution in [0.3, 0.4) is 0 Å². The van der Waals surface area contributed by atoms with Crippen molar-refractivity contribution in [3.8, 4) is 55.6 Å². The van der Waals surface area contributed by atoms with Gasteiger partial charge in [-0.05, 0) is 141 Å². The number of rotatable bonds is 13. The number of benzene rings is 12. The van der Waals surface area contributed by atoms with E-state index in [0.717, 1.165) is 134 Å². The third kappa shape index (κ3) is 8.62.